The Labute approximate surface area is 128 Å². The summed E-state index contributed by atoms with van der Waals surface area (Å²) in [6.45, 7) is 0.896. The predicted molar refractivity (Wildman–Crippen MR) is 78.5 cm³/mol. The number of ether oxygens (including phenoxy) is 1. The van der Waals surface area contributed by atoms with Crippen molar-refractivity contribution in [1.29, 1.82) is 0 Å². The van der Waals surface area contributed by atoms with Gasteiger partial charge >= 0.3 is 5.97 Å². The first-order chi connectivity index (χ1) is 10.6. The summed E-state index contributed by atoms with van der Waals surface area (Å²) in [5, 5.41) is 9.30. The highest BCUT2D eigenvalue weighted by Crippen LogP contribution is 2.62. The van der Waals surface area contributed by atoms with Crippen LogP contribution in [-0.4, -0.2) is 47.7 Å². The molecular formula is C17H19NO4. The molecule has 1 saturated heterocycles. The first-order valence-electron chi connectivity index (χ1n) is 7.83. The molecule has 0 unspecified atom stereocenters. The standard InChI is InChI=1S/C17H19NO4/c19-15(18-7-8-22-10-14(18)16(20)21)13-9-17(13)6-5-11-3-1-2-4-12(11)17/h1-4,13-14H,5-10H2,(H,20,21)/t13-,14+,17+/m1/s1. The maximum absolute atomic E-state index is 12.9. The summed E-state index contributed by atoms with van der Waals surface area (Å²) in [5.74, 6) is -1.04. The van der Waals surface area contributed by atoms with E-state index in [1.165, 1.54) is 16.0 Å². The van der Waals surface area contributed by atoms with E-state index >= 15 is 0 Å². The van der Waals surface area contributed by atoms with Crippen LogP contribution in [0, 0.1) is 5.92 Å². The minimum atomic E-state index is -0.977. The third kappa shape index (κ3) is 1.88. The van der Waals surface area contributed by atoms with E-state index in [2.05, 4.69) is 12.1 Å². The first-order valence-corrected chi connectivity index (χ1v) is 7.83. The summed E-state index contributed by atoms with van der Waals surface area (Å²) in [5.41, 5.74) is 2.61. The average Bonchev–Trinajstić information content (AvgIpc) is 3.16. The summed E-state index contributed by atoms with van der Waals surface area (Å²) < 4.78 is 5.22. The molecule has 1 aromatic carbocycles. The van der Waals surface area contributed by atoms with Crippen LogP contribution >= 0.6 is 0 Å². The molecule has 0 bridgehead atoms. The third-order valence-corrected chi connectivity index (χ3v) is 5.46. The average molecular weight is 301 g/mol. The zero-order chi connectivity index (χ0) is 15.3. The van der Waals surface area contributed by atoms with E-state index in [-0.39, 0.29) is 23.8 Å². The second-order valence-electron chi connectivity index (χ2n) is 6.53. The summed E-state index contributed by atoms with van der Waals surface area (Å²) in [4.78, 5) is 25.7. The van der Waals surface area contributed by atoms with Gasteiger partial charge in [0.15, 0.2) is 6.04 Å². The number of hydrogen-bond acceptors (Lipinski definition) is 3. The number of rotatable bonds is 2. The Balaban J connectivity index is 1.57. The molecule has 1 aliphatic heterocycles. The number of carbonyl (C=O) groups is 2. The second-order valence-corrected chi connectivity index (χ2v) is 6.53. The molecule has 0 aromatic heterocycles. The molecule has 1 saturated carbocycles. The van der Waals surface area contributed by atoms with Crippen LogP contribution in [0.15, 0.2) is 24.3 Å². The predicted octanol–water partition coefficient (Wildman–Crippen LogP) is 1.20. The van der Waals surface area contributed by atoms with Crippen LogP contribution in [0.3, 0.4) is 0 Å². The quantitative estimate of drug-likeness (QED) is 0.891. The van der Waals surface area contributed by atoms with Crippen molar-refractivity contribution in [2.75, 3.05) is 19.8 Å². The van der Waals surface area contributed by atoms with Crippen molar-refractivity contribution in [2.24, 2.45) is 5.92 Å². The van der Waals surface area contributed by atoms with Gasteiger partial charge in [0.25, 0.3) is 0 Å². The number of hydrogen-bond donors (Lipinski definition) is 1. The SMILES string of the molecule is O=C(O)[C@@H]1COCCN1C(=O)[C@H]1C[C@]12CCc1ccccc12. The van der Waals surface area contributed by atoms with Gasteiger partial charge in [-0.2, -0.15) is 0 Å². The molecule has 2 aliphatic carbocycles. The minimum Gasteiger partial charge on any atom is -0.480 e. The highest BCUT2D eigenvalue weighted by Gasteiger charge is 2.62. The topological polar surface area (TPSA) is 66.8 Å². The molecule has 3 aliphatic rings. The van der Waals surface area contributed by atoms with E-state index in [0.29, 0.717) is 13.2 Å². The molecule has 2 fully saturated rings. The van der Waals surface area contributed by atoms with Gasteiger partial charge in [0, 0.05) is 17.9 Å². The third-order valence-electron chi connectivity index (χ3n) is 5.46. The summed E-state index contributed by atoms with van der Waals surface area (Å²) in [7, 11) is 0. The van der Waals surface area contributed by atoms with Crippen LogP contribution < -0.4 is 0 Å². The molecule has 1 heterocycles. The maximum atomic E-state index is 12.9. The largest absolute Gasteiger partial charge is 0.480 e. The number of carboxylic acid groups (broad SMARTS) is 1. The number of benzene rings is 1. The molecule has 1 spiro atoms. The molecule has 1 aromatic rings. The number of nitrogens with zero attached hydrogens (tertiary/aromatic N) is 1. The highest BCUT2D eigenvalue weighted by atomic mass is 16.5. The lowest BCUT2D eigenvalue weighted by Crippen LogP contribution is -2.53. The number of fused-ring (bicyclic) bond motifs is 2. The molecule has 1 amide bonds. The zero-order valence-electron chi connectivity index (χ0n) is 12.3. The summed E-state index contributed by atoms with van der Waals surface area (Å²) >= 11 is 0. The van der Waals surface area contributed by atoms with E-state index in [0.717, 1.165) is 19.3 Å². The summed E-state index contributed by atoms with van der Waals surface area (Å²) in [6.07, 6.45) is 2.88. The van der Waals surface area contributed by atoms with Crippen LogP contribution in [0.1, 0.15) is 24.0 Å². The normalized spacial score (nSPS) is 32.8. The Morgan fingerprint density at radius 2 is 2.14 bits per heavy atom. The number of amides is 1. The molecular weight excluding hydrogens is 282 g/mol. The molecule has 22 heavy (non-hydrogen) atoms. The number of aryl methyl sites for hydroxylation is 1. The lowest BCUT2D eigenvalue weighted by Gasteiger charge is -2.33. The minimum absolute atomic E-state index is 0.00703. The fourth-order valence-corrected chi connectivity index (χ4v) is 4.19. The van der Waals surface area contributed by atoms with Crippen LogP contribution in [0.4, 0.5) is 0 Å². The Morgan fingerprint density at radius 1 is 1.32 bits per heavy atom. The monoisotopic (exact) mass is 301 g/mol. The van der Waals surface area contributed by atoms with Gasteiger partial charge in [-0.1, -0.05) is 24.3 Å². The Hall–Kier alpha value is -1.88. The van der Waals surface area contributed by atoms with Crippen molar-refractivity contribution in [3.63, 3.8) is 0 Å². The van der Waals surface area contributed by atoms with E-state index in [1.807, 2.05) is 12.1 Å². The Kier molecular flexibility index (Phi) is 3.01. The molecule has 5 heteroatoms. The number of aliphatic carboxylic acids is 1. The Bertz CT molecular complexity index is 643. The lowest BCUT2D eigenvalue weighted by molar-refractivity contribution is -0.159. The first kappa shape index (κ1) is 13.8. The van der Waals surface area contributed by atoms with E-state index < -0.39 is 12.0 Å². The van der Waals surface area contributed by atoms with Crippen molar-refractivity contribution in [3.05, 3.63) is 35.4 Å². The van der Waals surface area contributed by atoms with Gasteiger partial charge < -0.3 is 14.7 Å². The summed E-state index contributed by atoms with van der Waals surface area (Å²) in [6, 6.07) is 7.50. The van der Waals surface area contributed by atoms with Crippen LogP contribution in [0.5, 0.6) is 0 Å². The molecule has 0 radical (unpaired) electrons. The Morgan fingerprint density at radius 3 is 2.95 bits per heavy atom. The van der Waals surface area contributed by atoms with Crippen LogP contribution in [0.2, 0.25) is 0 Å². The van der Waals surface area contributed by atoms with Crippen LogP contribution in [0.25, 0.3) is 0 Å². The van der Waals surface area contributed by atoms with E-state index in [9.17, 15) is 14.7 Å². The molecule has 5 nitrogen and oxygen atoms in total. The zero-order valence-corrected chi connectivity index (χ0v) is 12.3. The fourth-order valence-electron chi connectivity index (χ4n) is 4.19. The van der Waals surface area contributed by atoms with Gasteiger partial charge in [0.05, 0.1) is 13.2 Å². The number of morpholine rings is 1. The molecule has 3 atom stereocenters. The van der Waals surface area contributed by atoms with Crippen molar-refractivity contribution in [3.8, 4) is 0 Å². The van der Waals surface area contributed by atoms with Crippen molar-refractivity contribution >= 4 is 11.9 Å². The highest BCUT2D eigenvalue weighted by molar-refractivity contribution is 5.89. The second kappa shape index (κ2) is 4.81. The molecule has 4 rings (SSSR count). The van der Waals surface area contributed by atoms with Gasteiger partial charge in [0.1, 0.15) is 0 Å². The fraction of sp³-hybridized carbons (Fsp3) is 0.529. The van der Waals surface area contributed by atoms with Gasteiger partial charge in [-0.25, -0.2) is 4.79 Å². The number of carbonyl (C=O) groups excluding carboxylic acids is 1. The lowest BCUT2D eigenvalue weighted by atomic mass is 9.94. The smallest absolute Gasteiger partial charge is 0.328 e. The van der Waals surface area contributed by atoms with Crippen molar-refractivity contribution < 1.29 is 19.4 Å². The van der Waals surface area contributed by atoms with Gasteiger partial charge in [-0.05, 0) is 30.4 Å². The molecule has 1 N–H and O–H groups in total. The van der Waals surface area contributed by atoms with E-state index in [4.69, 9.17) is 4.74 Å². The number of carboxylic acids is 1. The van der Waals surface area contributed by atoms with Gasteiger partial charge in [-0.15, -0.1) is 0 Å². The maximum Gasteiger partial charge on any atom is 0.328 e. The van der Waals surface area contributed by atoms with Crippen LogP contribution in [-0.2, 0) is 26.2 Å². The van der Waals surface area contributed by atoms with Gasteiger partial charge in [-0.3, -0.25) is 4.79 Å². The van der Waals surface area contributed by atoms with Crippen molar-refractivity contribution in [1.82, 2.24) is 4.90 Å². The van der Waals surface area contributed by atoms with Crippen molar-refractivity contribution in [2.45, 2.75) is 30.7 Å². The molecule has 116 valence electrons. The van der Waals surface area contributed by atoms with E-state index in [1.54, 1.807) is 0 Å². The van der Waals surface area contributed by atoms with Gasteiger partial charge in [0.2, 0.25) is 5.91 Å².